The van der Waals surface area contributed by atoms with Crippen LogP contribution in [0.5, 0.6) is 0 Å². The summed E-state index contributed by atoms with van der Waals surface area (Å²) in [6, 6.07) is 10.3. The molecule has 1 heterocycles. The van der Waals surface area contributed by atoms with Crippen LogP contribution in [0.15, 0.2) is 53.4 Å². The number of rotatable bonds is 4. The van der Waals surface area contributed by atoms with Crippen LogP contribution in [0.3, 0.4) is 0 Å². The Labute approximate surface area is 144 Å². The molecule has 1 aliphatic rings. The Morgan fingerprint density at radius 2 is 1.71 bits per heavy atom. The van der Waals surface area contributed by atoms with Crippen LogP contribution in [0, 0.1) is 5.82 Å². The average molecular weight is 369 g/mol. The molecule has 2 aromatic rings. The number of anilines is 1. The third kappa shape index (κ3) is 3.43. The first kappa shape index (κ1) is 16.9. The van der Waals surface area contributed by atoms with Crippen molar-refractivity contribution in [1.29, 1.82) is 0 Å². The molecule has 0 aliphatic carbocycles. The fraction of sp³-hybridized carbons (Fsp3) is 0.188. The van der Waals surface area contributed by atoms with Gasteiger partial charge in [0.25, 0.3) is 0 Å². The summed E-state index contributed by atoms with van der Waals surface area (Å²) in [4.78, 5) is 13.9. The summed E-state index contributed by atoms with van der Waals surface area (Å²) in [6.45, 7) is 0.359. The SMILES string of the molecule is O=C1C(NS(=O)(=O)c2ccc(Cl)cc2)CCN1c1ccc(F)cc1. The number of amides is 1. The molecule has 1 amide bonds. The highest BCUT2D eigenvalue weighted by Crippen LogP contribution is 2.23. The molecule has 8 heteroatoms. The van der Waals surface area contributed by atoms with E-state index in [1.54, 1.807) is 0 Å². The minimum atomic E-state index is -3.82. The molecule has 0 aromatic heterocycles. The second-order valence-electron chi connectivity index (χ2n) is 5.38. The number of benzene rings is 2. The van der Waals surface area contributed by atoms with E-state index in [0.29, 0.717) is 23.7 Å². The van der Waals surface area contributed by atoms with Gasteiger partial charge >= 0.3 is 0 Å². The van der Waals surface area contributed by atoms with E-state index in [1.165, 1.54) is 53.4 Å². The number of nitrogens with one attached hydrogen (secondary N) is 1. The van der Waals surface area contributed by atoms with E-state index in [0.717, 1.165) is 0 Å². The van der Waals surface area contributed by atoms with Crippen LogP contribution in [-0.2, 0) is 14.8 Å². The Bertz CT molecular complexity index is 854. The van der Waals surface area contributed by atoms with E-state index in [1.807, 2.05) is 0 Å². The van der Waals surface area contributed by atoms with Gasteiger partial charge in [0.1, 0.15) is 11.9 Å². The van der Waals surface area contributed by atoms with Crippen molar-refractivity contribution in [2.75, 3.05) is 11.4 Å². The van der Waals surface area contributed by atoms with Crippen molar-refractivity contribution >= 4 is 33.2 Å². The molecule has 24 heavy (non-hydrogen) atoms. The summed E-state index contributed by atoms with van der Waals surface area (Å²) in [7, 11) is -3.82. The zero-order valence-electron chi connectivity index (χ0n) is 12.4. The number of sulfonamides is 1. The van der Waals surface area contributed by atoms with Crippen molar-refractivity contribution in [1.82, 2.24) is 4.72 Å². The lowest BCUT2D eigenvalue weighted by Crippen LogP contribution is -2.41. The van der Waals surface area contributed by atoms with Gasteiger partial charge in [0.2, 0.25) is 15.9 Å². The second kappa shape index (κ2) is 6.51. The van der Waals surface area contributed by atoms with Crippen molar-refractivity contribution in [3.8, 4) is 0 Å². The van der Waals surface area contributed by atoms with Crippen molar-refractivity contribution < 1.29 is 17.6 Å². The van der Waals surface area contributed by atoms with E-state index in [2.05, 4.69) is 4.72 Å². The molecule has 1 fully saturated rings. The molecule has 1 aliphatic heterocycles. The molecule has 0 radical (unpaired) electrons. The molecule has 1 saturated heterocycles. The highest BCUT2D eigenvalue weighted by molar-refractivity contribution is 7.89. The van der Waals surface area contributed by atoms with Crippen LogP contribution in [0.4, 0.5) is 10.1 Å². The molecule has 3 rings (SSSR count). The first-order valence-corrected chi connectivity index (χ1v) is 9.08. The third-order valence-corrected chi connectivity index (χ3v) is 5.50. The van der Waals surface area contributed by atoms with Gasteiger partial charge in [-0.1, -0.05) is 11.6 Å². The maximum atomic E-state index is 13.0. The largest absolute Gasteiger partial charge is 0.311 e. The monoisotopic (exact) mass is 368 g/mol. The fourth-order valence-electron chi connectivity index (χ4n) is 2.54. The number of nitrogens with zero attached hydrogens (tertiary/aromatic N) is 1. The lowest BCUT2D eigenvalue weighted by Gasteiger charge is -2.17. The standard InChI is InChI=1S/C16H14ClFN2O3S/c17-11-1-7-14(8-2-11)24(22,23)19-15-9-10-20(16(15)21)13-5-3-12(18)4-6-13/h1-8,15,19H,9-10H2. The molecular weight excluding hydrogens is 355 g/mol. The minimum Gasteiger partial charge on any atom is -0.311 e. The van der Waals surface area contributed by atoms with Crippen LogP contribution in [0.25, 0.3) is 0 Å². The number of carbonyl (C=O) groups is 1. The van der Waals surface area contributed by atoms with Crippen LogP contribution >= 0.6 is 11.6 Å². The Kier molecular flexibility index (Phi) is 4.58. The molecule has 1 unspecified atom stereocenters. The Balaban J connectivity index is 1.76. The number of hydrogen-bond donors (Lipinski definition) is 1. The summed E-state index contributed by atoms with van der Waals surface area (Å²) < 4.78 is 40.1. The maximum absolute atomic E-state index is 13.0. The Morgan fingerprint density at radius 3 is 2.33 bits per heavy atom. The lowest BCUT2D eigenvalue weighted by molar-refractivity contribution is -0.118. The topological polar surface area (TPSA) is 66.5 Å². The number of carbonyl (C=O) groups excluding carboxylic acids is 1. The predicted octanol–water partition coefficient (Wildman–Crippen LogP) is 2.56. The summed E-state index contributed by atoms with van der Waals surface area (Å²) in [5.74, 6) is -0.760. The van der Waals surface area contributed by atoms with Gasteiger partial charge in [0.15, 0.2) is 0 Å². The molecule has 1 atom stereocenters. The van der Waals surface area contributed by atoms with E-state index in [4.69, 9.17) is 11.6 Å². The molecule has 0 bridgehead atoms. The number of hydrogen-bond acceptors (Lipinski definition) is 3. The van der Waals surface area contributed by atoms with Gasteiger partial charge in [-0.15, -0.1) is 0 Å². The quantitative estimate of drug-likeness (QED) is 0.902. The first-order chi connectivity index (χ1) is 11.4. The maximum Gasteiger partial charge on any atom is 0.245 e. The van der Waals surface area contributed by atoms with Gasteiger partial charge in [0.05, 0.1) is 4.90 Å². The van der Waals surface area contributed by atoms with Gasteiger partial charge in [-0.3, -0.25) is 4.79 Å². The summed E-state index contributed by atoms with van der Waals surface area (Å²) in [5.41, 5.74) is 0.537. The van der Waals surface area contributed by atoms with Gasteiger partial charge in [-0.25, -0.2) is 12.8 Å². The van der Waals surface area contributed by atoms with Gasteiger partial charge < -0.3 is 4.90 Å². The summed E-state index contributed by atoms with van der Waals surface area (Å²) in [6.07, 6.45) is 0.336. The molecule has 5 nitrogen and oxygen atoms in total. The molecule has 0 spiro atoms. The van der Waals surface area contributed by atoms with Crippen LogP contribution < -0.4 is 9.62 Å². The molecule has 126 valence electrons. The fourth-order valence-corrected chi connectivity index (χ4v) is 3.89. The molecule has 0 saturated carbocycles. The van der Waals surface area contributed by atoms with Gasteiger partial charge in [-0.05, 0) is 55.0 Å². The average Bonchev–Trinajstić information content (AvgIpc) is 2.89. The molecule has 2 aromatic carbocycles. The zero-order valence-corrected chi connectivity index (χ0v) is 14.0. The normalized spacial score (nSPS) is 18.2. The smallest absolute Gasteiger partial charge is 0.245 e. The highest BCUT2D eigenvalue weighted by atomic mass is 35.5. The molecular formula is C16H14ClFN2O3S. The Morgan fingerprint density at radius 1 is 1.08 bits per heavy atom. The third-order valence-electron chi connectivity index (χ3n) is 3.77. The van der Waals surface area contributed by atoms with Crippen LogP contribution in [0.2, 0.25) is 5.02 Å². The highest BCUT2D eigenvalue weighted by Gasteiger charge is 2.35. The van der Waals surface area contributed by atoms with Crippen LogP contribution in [0.1, 0.15) is 6.42 Å². The van der Waals surface area contributed by atoms with Crippen molar-refractivity contribution in [3.05, 3.63) is 59.4 Å². The van der Waals surface area contributed by atoms with E-state index < -0.39 is 21.9 Å². The van der Waals surface area contributed by atoms with Crippen molar-refractivity contribution in [2.45, 2.75) is 17.4 Å². The van der Waals surface area contributed by atoms with Crippen molar-refractivity contribution in [2.24, 2.45) is 0 Å². The first-order valence-electron chi connectivity index (χ1n) is 7.22. The van der Waals surface area contributed by atoms with Crippen molar-refractivity contribution in [3.63, 3.8) is 0 Å². The van der Waals surface area contributed by atoms with E-state index in [-0.39, 0.29) is 10.8 Å². The van der Waals surface area contributed by atoms with E-state index >= 15 is 0 Å². The van der Waals surface area contributed by atoms with Crippen LogP contribution in [-0.4, -0.2) is 26.9 Å². The lowest BCUT2D eigenvalue weighted by atomic mass is 10.3. The Hall–Kier alpha value is -1.96. The minimum absolute atomic E-state index is 0.0416. The zero-order chi connectivity index (χ0) is 17.3. The van der Waals surface area contributed by atoms with Gasteiger partial charge in [0, 0.05) is 17.3 Å². The molecule has 1 N–H and O–H groups in total. The summed E-state index contributed by atoms with van der Waals surface area (Å²) in [5, 5.41) is 0.424. The number of halogens is 2. The second-order valence-corrected chi connectivity index (χ2v) is 7.53. The summed E-state index contributed by atoms with van der Waals surface area (Å²) >= 11 is 5.75. The van der Waals surface area contributed by atoms with E-state index in [9.17, 15) is 17.6 Å². The predicted molar refractivity (Wildman–Crippen MR) is 88.9 cm³/mol. The van der Waals surface area contributed by atoms with Gasteiger partial charge in [-0.2, -0.15) is 4.72 Å².